The van der Waals surface area contributed by atoms with Gasteiger partial charge in [-0.3, -0.25) is 4.79 Å². The van der Waals surface area contributed by atoms with Crippen molar-refractivity contribution in [2.45, 2.75) is 34.1 Å². The zero-order valence-electron chi connectivity index (χ0n) is 16.1. The van der Waals surface area contributed by atoms with Crippen LogP contribution < -0.4 is 10.2 Å². The summed E-state index contributed by atoms with van der Waals surface area (Å²) in [6.45, 7) is 10.8. The number of nitrogens with one attached hydrogen (secondary N) is 1. The van der Waals surface area contributed by atoms with Gasteiger partial charge in [-0.2, -0.15) is 0 Å². The third kappa shape index (κ3) is 6.38. The number of halogens is 1. The third-order valence-corrected chi connectivity index (χ3v) is 4.22. The Balaban J connectivity index is 2.15. The summed E-state index contributed by atoms with van der Waals surface area (Å²) in [6.07, 6.45) is 0.333. The number of hydrogen-bond donors (Lipinski definition) is 1. The van der Waals surface area contributed by atoms with Crippen LogP contribution in [0.15, 0.2) is 48.5 Å². The van der Waals surface area contributed by atoms with E-state index in [1.807, 2.05) is 42.5 Å². The van der Waals surface area contributed by atoms with Crippen molar-refractivity contribution in [3.63, 3.8) is 0 Å². The summed E-state index contributed by atoms with van der Waals surface area (Å²) in [5.74, 6) is 1.08. The molecule has 0 heterocycles. The van der Waals surface area contributed by atoms with Gasteiger partial charge in [0.05, 0.1) is 17.8 Å². The second kappa shape index (κ2) is 9.63. The molecule has 26 heavy (non-hydrogen) atoms. The lowest BCUT2D eigenvalue weighted by Crippen LogP contribution is -2.32. The molecule has 2 aromatic carbocycles. The number of nitrogens with zero attached hydrogens (tertiary/aromatic N) is 1. The van der Waals surface area contributed by atoms with Crippen LogP contribution in [-0.4, -0.2) is 19.0 Å². The third-order valence-electron chi connectivity index (χ3n) is 3.97. The fourth-order valence-corrected chi connectivity index (χ4v) is 3.12. The second-order valence-corrected chi connectivity index (χ2v) is 8.00. The van der Waals surface area contributed by atoms with Crippen LogP contribution >= 0.6 is 11.6 Å². The Morgan fingerprint density at radius 3 is 2.12 bits per heavy atom. The minimum Gasteiger partial charge on any atom is -0.369 e. The van der Waals surface area contributed by atoms with Crippen molar-refractivity contribution >= 4 is 28.9 Å². The lowest BCUT2D eigenvalue weighted by Gasteiger charge is -2.30. The molecule has 0 spiro atoms. The molecule has 0 aliphatic carbocycles. The normalized spacial score (nSPS) is 11.0. The molecule has 0 bridgehead atoms. The molecular formula is C22H29ClN2O. The number of anilines is 2. The van der Waals surface area contributed by atoms with E-state index in [0.29, 0.717) is 23.3 Å². The minimum atomic E-state index is -0.0196. The Bertz CT molecular complexity index is 700. The van der Waals surface area contributed by atoms with E-state index in [1.165, 1.54) is 0 Å². The largest absolute Gasteiger partial charge is 0.369 e. The van der Waals surface area contributed by atoms with E-state index in [0.717, 1.165) is 30.0 Å². The molecule has 140 valence electrons. The fraction of sp³-hybridized carbons (Fsp3) is 0.409. The second-order valence-electron chi connectivity index (χ2n) is 7.56. The van der Waals surface area contributed by atoms with Crippen molar-refractivity contribution in [3.8, 4) is 0 Å². The van der Waals surface area contributed by atoms with E-state index < -0.39 is 0 Å². The van der Waals surface area contributed by atoms with Crippen molar-refractivity contribution in [1.29, 1.82) is 0 Å². The number of benzene rings is 2. The summed E-state index contributed by atoms with van der Waals surface area (Å²) in [5.41, 5.74) is 2.90. The van der Waals surface area contributed by atoms with Crippen molar-refractivity contribution < 1.29 is 4.79 Å². The molecule has 2 rings (SSSR count). The van der Waals surface area contributed by atoms with E-state index in [-0.39, 0.29) is 5.91 Å². The molecule has 0 aliphatic rings. The average Bonchev–Trinajstić information content (AvgIpc) is 2.56. The maximum absolute atomic E-state index is 12.5. The van der Waals surface area contributed by atoms with Gasteiger partial charge in [0.25, 0.3) is 0 Å². The van der Waals surface area contributed by atoms with Crippen molar-refractivity contribution in [2.24, 2.45) is 11.8 Å². The van der Waals surface area contributed by atoms with E-state index in [2.05, 4.69) is 44.0 Å². The summed E-state index contributed by atoms with van der Waals surface area (Å²) >= 11 is 5.91. The number of hydrogen-bond acceptors (Lipinski definition) is 2. The van der Waals surface area contributed by atoms with E-state index in [9.17, 15) is 4.79 Å². The van der Waals surface area contributed by atoms with Gasteiger partial charge in [-0.25, -0.2) is 0 Å². The van der Waals surface area contributed by atoms with Gasteiger partial charge >= 0.3 is 0 Å². The van der Waals surface area contributed by atoms with Crippen LogP contribution in [0, 0.1) is 11.8 Å². The molecule has 1 N–H and O–H groups in total. The number of carbonyl (C=O) groups excluding carboxylic acids is 1. The lowest BCUT2D eigenvalue weighted by molar-refractivity contribution is -0.115. The van der Waals surface area contributed by atoms with Gasteiger partial charge in [0.15, 0.2) is 0 Å². The van der Waals surface area contributed by atoms with Crippen LogP contribution in [-0.2, 0) is 11.2 Å². The summed E-state index contributed by atoms with van der Waals surface area (Å²) in [4.78, 5) is 14.9. The van der Waals surface area contributed by atoms with E-state index in [1.54, 1.807) is 0 Å². The Labute approximate surface area is 162 Å². The van der Waals surface area contributed by atoms with Crippen molar-refractivity contribution in [2.75, 3.05) is 23.3 Å². The summed E-state index contributed by atoms with van der Waals surface area (Å²) in [5, 5.41) is 3.77. The molecular weight excluding hydrogens is 344 g/mol. The highest BCUT2D eigenvalue weighted by Crippen LogP contribution is 2.27. The highest BCUT2D eigenvalue weighted by Gasteiger charge is 2.15. The smallest absolute Gasteiger partial charge is 0.228 e. The molecule has 4 heteroatoms. The first kappa shape index (κ1) is 20.3. The predicted molar refractivity (Wildman–Crippen MR) is 112 cm³/mol. The van der Waals surface area contributed by atoms with Crippen molar-refractivity contribution in [3.05, 3.63) is 59.1 Å². The molecule has 1 amide bonds. The first-order valence-electron chi connectivity index (χ1n) is 9.23. The molecule has 0 fully saturated rings. The zero-order chi connectivity index (χ0) is 19.1. The monoisotopic (exact) mass is 372 g/mol. The van der Waals surface area contributed by atoms with Crippen molar-refractivity contribution in [1.82, 2.24) is 0 Å². The van der Waals surface area contributed by atoms with Crippen LogP contribution in [0.5, 0.6) is 0 Å². The summed E-state index contributed by atoms with van der Waals surface area (Å²) in [7, 11) is 0. The number of amides is 1. The first-order valence-corrected chi connectivity index (χ1v) is 9.61. The van der Waals surface area contributed by atoms with Gasteiger partial charge in [0.2, 0.25) is 5.91 Å². The summed E-state index contributed by atoms with van der Waals surface area (Å²) in [6, 6.07) is 15.4. The van der Waals surface area contributed by atoms with E-state index >= 15 is 0 Å². The average molecular weight is 373 g/mol. The SMILES string of the molecule is CC(C)CN(CC(C)C)c1ccccc1NC(=O)Cc1ccc(Cl)cc1. The molecule has 0 unspecified atom stereocenters. The maximum atomic E-state index is 12.5. The molecule has 3 nitrogen and oxygen atoms in total. The maximum Gasteiger partial charge on any atom is 0.228 e. The van der Waals surface area contributed by atoms with Gasteiger partial charge in [0.1, 0.15) is 0 Å². The van der Waals surface area contributed by atoms with Gasteiger partial charge in [-0.1, -0.05) is 63.6 Å². The molecule has 0 saturated carbocycles. The Hall–Kier alpha value is -2.00. The summed E-state index contributed by atoms with van der Waals surface area (Å²) < 4.78 is 0. The Kier molecular flexibility index (Phi) is 7.52. The van der Waals surface area contributed by atoms with Crippen LogP contribution in [0.1, 0.15) is 33.3 Å². The standard InChI is InChI=1S/C22H29ClN2O/c1-16(2)14-25(15-17(3)4)21-8-6-5-7-20(21)24-22(26)13-18-9-11-19(23)12-10-18/h5-12,16-17H,13-15H2,1-4H3,(H,24,26). The predicted octanol–water partition coefficient (Wildman–Crippen LogP) is 5.64. The number of carbonyl (C=O) groups is 1. The number of para-hydroxylation sites is 2. The van der Waals surface area contributed by atoms with Gasteiger partial charge in [0, 0.05) is 18.1 Å². The van der Waals surface area contributed by atoms with Crippen LogP contribution in [0.3, 0.4) is 0 Å². The van der Waals surface area contributed by atoms with Gasteiger partial charge in [-0.15, -0.1) is 0 Å². The molecule has 0 radical (unpaired) electrons. The Morgan fingerprint density at radius 1 is 0.962 bits per heavy atom. The van der Waals surface area contributed by atoms with Crippen LogP contribution in [0.4, 0.5) is 11.4 Å². The topological polar surface area (TPSA) is 32.3 Å². The highest BCUT2D eigenvalue weighted by atomic mass is 35.5. The minimum absolute atomic E-state index is 0.0196. The van der Waals surface area contributed by atoms with Crippen LogP contribution in [0.2, 0.25) is 5.02 Å². The van der Waals surface area contributed by atoms with Gasteiger partial charge < -0.3 is 10.2 Å². The molecule has 0 atom stereocenters. The van der Waals surface area contributed by atoms with Gasteiger partial charge in [-0.05, 0) is 41.7 Å². The zero-order valence-corrected chi connectivity index (χ0v) is 16.9. The highest BCUT2D eigenvalue weighted by molar-refractivity contribution is 6.30. The Morgan fingerprint density at radius 2 is 1.54 bits per heavy atom. The molecule has 0 aromatic heterocycles. The first-order chi connectivity index (χ1) is 12.3. The lowest BCUT2D eigenvalue weighted by atomic mass is 10.1. The van der Waals surface area contributed by atoms with Crippen LogP contribution in [0.25, 0.3) is 0 Å². The number of rotatable bonds is 8. The molecule has 2 aromatic rings. The molecule has 0 aliphatic heterocycles. The van der Waals surface area contributed by atoms with E-state index in [4.69, 9.17) is 11.6 Å². The molecule has 0 saturated heterocycles. The fourth-order valence-electron chi connectivity index (χ4n) is 2.99. The quantitative estimate of drug-likeness (QED) is 0.650.